The van der Waals surface area contributed by atoms with Crippen molar-refractivity contribution in [2.45, 2.75) is 6.92 Å². The van der Waals surface area contributed by atoms with Crippen LogP contribution in [0.4, 0.5) is 28.8 Å². The Labute approximate surface area is 180 Å². The Balaban J connectivity index is 1.67. The summed E-state index contributed by atoms with van der Waals surface area (Å²) in [5.74, 6) is 0.775. The molecular weight excluding hydrogens is 392 g/mol. The van der Waals surface area contributed by atoms with E-state index in [4.69, 9.17) is 0 Å². The van der Waals surface area contributed by atoms with E-state index >= 15 is 0 Å². The minimum absolute atomic E-state index is 0.0684. The predicted octanol–water partition coefficient (Wildman–Crippen LogP) is 3.85. The van der Waals surface area contributed by atoms with Crippen LogP contribution in [0, 0.1) is 0 Å². The largest absolute Gasteiger partial charge is 0.327 e. The van der Waals surface area contributed by atoms with Gasteiger partial charge in [-0.3, -0.25) is 14.6 Å². The maximum atomic E-state index is 12.9. The van der Waals surface area contributed by atoms with Crippen LogP contribution in [0.3, 0.4) is 0 Å². The molecule has 0 radical (unpaired) electrons. The van der Waals surface area contributed by atoms with Crippen molar-refractivity contribution in [3.05, 3.63) is 65.9 Å². The van der Waals surface area contributed by atoms with Crippen molar-refractivity contribution in [2.24, 2.45) is 4.99 Å². The highest BCUT2D eigenvalue weighted by Crippen LogP contribution is 2.37. The molecule has 156 valence electrons. The zero-order valence-corrected chi connectivity index (χ0v) is 17.5. The van der Waals surface area contributed by atoms with Gasteiger partial charge in [-0.05, 0) is 37.4 Å². The first-order chi connectivity index (χ1) is 15.0. The normalized spacial score (nSPS) is 13.1. The summed E-state index contributed by atoms with van der Waals surface area (Å²) in [5.41, 5.74) is 3.22. The Morgan fingerprint density at radius 1 is 1.10 bits per heavy atom. The highest BCUT2D eigenvalue weighted by molar-refractivity contribution is 6.13. The number of ketones is 1. The van der Waals surface area contributed by atoms with Crippen molar-refractivity contribution >= 4 is 46.7 Å². The van der Waals surface area contributed by atoms with Crippen molar-refractivity contribution in [2.75, 3.05) is 35.8 Å². The smallest absolute Gasteiger partial charge is 0.260 e. The average Bonchev–Trinajstić information content (AvgIpc) is 2.88. The monoisotopic (exact) mass is 414 g/mol. The highest BCUT2D eigenvalue weighted by atomic mass is 16.2. The summed E-state index contributed by atoms with van der Waals surface area (Å²) in [6.07, 6.45) is 3.23. The first-order valence-electron chi connectivity index (χ1n) is 9.82. The number of aliphatic imine (C=N–C) groups is 1. The second kappa shape index (κ2) is 8.35. The van der Waals surface area contributed by atoms with Gasteiger partial charge in [0.25, 0.3) is 5.91 Å². The van der Waals surface area contributed by atoms with Crippen LogP contribution in [0.2, 0.25) is 0 Å². The number of hydrogen-bond acceptors (Lipinski definition) is 7. The molecule has 1 N–H and O–H groups in total. The molecule has 1 aliphatic rings. The summed E-state index contributed by atoms with van der Waals surface area (Å²) < 4.78 is 0. The Bertz CT molecular complexity index is 1190. The topological polar surface area (TPSA) is 90.8 Å². The van der Waals surface area contributed by atoms with Gasteiger partial charge in [-0.15, -0.1) is 0 Å². The fraction of sp³-hybridized carbons (Fsp3) is 0.174. The quantitative estimate of drug-likeness (QED) is 0.504. The molecule has 1 aliphatic heterocycles. The summed E-state index contributed by atoms with van der Waals surface area (Å²) >= 11 is 0. The van der Waals surface area contributed by atoms with Gasteiger partial charge in [0.2, 0.25) is 5.95 Å². The minimum atomic E-state index is -0.119. The number of Topliss-reactive ketones (excluding diaryl/α,β-unsaturated/α-hetero) is 1. The van der Waals surface area contributed by atoms with E-state index in [1.807, 2.05) is 36.2 Å². The van der Waals surface area contributed by atoms with E-state index in [1.165, 1.54) is 0 Å². The third-order valence-electron chi connectivity index (χ3n) is 5.09. The molecule has 2 aromatic carbocycles. The predicted molar refractivity (Wildman–Crippen MR) is 122 cm³/mol. The second-order valence-electron chi connectivity index (χ2n) is 7.07. The van der Waals surface area contributed by atoms with Crippen LogP contribution in [-0.2, 0) is 0 Å². The van der Waals surface area contributed by atoms with E-state index < -0.39 is 0 Å². The zero-order chi connectivity index (χ0) is 22.0. The van der Waals surface area contributed by atoms with E-state index in [2.05, 4.69) is 20.3 Å². The molecule has 0 fully saturated rings. The lowest BCUT2D eigenvalue weighted by Gasteiger charge is -2.21. The fourth-order valence-corrected chi connectivity index (χ4v) is 3.43. The van der Waals surface area contributed by atoms with Gasteiger partial charge in [-0.2, -0.15) is 4.98 Å². The van der Waals surface area contributed by atoms with Crippen LogP contribution in [0.25, 0.3) is 0 Å². The summed E-state index contributed by atoms with van der Waals surface area (Å²) in [5, 5.41) is 3.15. The number of nitrogens with zero attached hydrogens (tertiary/aromatic N) is 5. The molecule has 1 amide bonds. The molecule has 4 rings (SSSR count). The van der Waals surface area contributed by atoms with E-state index in [1.54, 1.807) is 55.5 Å². The molecule has 0 unspecified atom stereocenters. The molecule has 0 saturated carbocycles. The Kier molecular flexibility index (Phi) is 5.44. The number of carbonyl (C=O) groups excluding carboxylic acids is 2. The number of carbonyl (C=O) groups is 2. The Hall–Kier alpha value is -4.07. The van der Waals surface area contributed by atoms with Crippen molar-refractivity contribution < 1.29 is 9.59 Å². The number of aromatic nitrogens is 2. The van der Waals surface area contributed by atoms with Crippen molar-refractivity contribution in [3.8, 4) is 0 Å². The van der Waals surface area contributed by atoms with Crippen LogP contribution < -0.4 is 15.1 Å². The lowest BCUT2D eigenvalue weighted by Crippen LogP contribution is -2.25. The summed E-state index contributed by atoms with van der Waals surface area (Å²) in [4.78, 5) is 41.6. The number of hydrogen-bond donors (Lipinski definition) is 1. The SMILES string of the molecule is CC=NCC(=O)c1cccc(Nc2ncc3c(n2)N(C)c2ccccc2C(=O)N3C)c1. The molecule has 8 nitrogen and oxygen atoms in total. The molecule has 8 heteroatoms. The number of nitrogens with one attached hydrogen (secondary N) is 1. The molecule has 31 heavy (non-hydrogen) atoms. The van der Waals surface area contributed by atoms with Crippen molar-refractivity contribution in [1.29, 1.82) is 0 Å². The van der Waals surface area contributed by atoms with Crippen LogP contribution in [-0.4, -0.2) is 48.5 Å². The molecule has 0 bridgehead atoms. The summed E-state index contributed by atoms with van der Waals surface area (Å²) in [6, 6.07) is 14.5. The third-order valence-corrected chi connectivity index (χ3v) is 5.09. The Morgan fingerprint density at radius 3 is 2.71 bits per heavy atom. The molecule has 3 aromatic rings. The standard InChI is InChI=1S/C23H22N6O2/c1-4-24-14-20(30)15-8-7-9-16(12-15)26-23-25-13-19-21(27-23)28(2)18-11-6-5-10-17(18)22(31)29(19)3/h4-13H,14H2,1-3H3,(H,25,26,27). The number of benzene rings is 2. The van der Waals surface area contributed by atoms with Gasteiger partial charge in [-0.1, -0.05) is 24.3 Å². The average molecular weight is 414 g/mol. The summed E-state index contributed by atoms with van der Waals surface area (Å²) in [7, 11) is 3.58. The maximum Gasteiger partial charge on any atom is 0.260 e. The van der Waals surface area contributed by atoms with Gasteiger partial charge in [0.15, 0.2) is 11.6 Å². The van der Waals surface area contributed by atoms with E-state index in [0.29, 0.717) is 34.3 Å². The van der Waals surface area contributed by atoms with Crippen LogP contribution in [0.5, 0.6) is 0 Å². The number of anilines is 5. The van der Waals surface area contributed by atoms with Crippen molar-refractivity contribution in [1.82, 2.24) is 9.97 Å². The maximum absolute atomic E-state index is 12.9. The lowest BCUT2D eigenvalue weighted by atomic mass is 10.1. The molecule has 0 spiro atoms. The van der Waals surface area contributed by atoms with Crippen LogP contribution >= 0.6 is 0 Å². The van der Waals surface area contributed by atoms with Crippen molar-refractivity contribution in [3.63, 3.8) is 0 Å². The second-order valence-corrected chi connectivity index (χ2v) is 7.07. The third kappa shape index (κ3) is 3.87. The van der Waals surface area contributed by atoms with E-state index in [-0.39, 0.29) is 18.2 Å². The van der Waals surface area contributed by atoms with Gasteiger partial charge in [0, 0.05) is 25.3 Å². The molecular formula is C23H22N6O2. The van der Waals surface area contributed by atoms with Gasteiger partial charge in [0.1, 0.15) is 12.2 Å². The number of para-hydroxylation sites is 1. The number of fused-ring (bicyclic) bond motifs is 2. The molecule has 0 aliphatic carbocycles. The van der Waals surface area contributed by atoms with Gasteiger partial charge >= 0.3 is 0 Å². The van der Waals surface area contributed by atoms with E-state index in [9.17, 15) is 9.59 Å². The zero-order valence-electron chi connectivity index (χ0n) is 17.5. The van der Waals surface area contributed by atoms with E-state index in [0.717, 1.165) is 5.69 Å². The first kappa shape index (κ1) is 20.2. The first-order valence-corrected chi connectivity index (χ1v) is 9.82. The van der Waals surface area contributed by atoms with Crippen LogP contribution in [0.1, 0.15) is 27.6 Å². The Morgan fingerprint density at radius 2 is 1.90 bits per heavy atom. The lowest BCUT2D eigenvalue weighted by molar-refractivity contribution is 0.0989. The summed E-state index contributed by atoms with van der Waals surface area (Å²) in [6.45, 7) is 1.89. The van der Waals surface area contributed by atoms with Gasteiger partial charge in [0.05, 0.1) is 17.4 Å². The minimum Gasteiger partial charge on any atom is -0.327 e. The molecule has 2 heterocycles. The number of amides is 1. The fourth-order valence-electron chi connectivity index (χ4n) is 3.43. The number of rotatable bonds is 5. The molecule has 0 saturated heterocycles. The van der Waals surface area contributed by atoms with Gasteiger partial charge < -0.3 is 15.1 Å². The highest BCUT2D eigenvalue weighted by Gasteiger charge is 2.28. The van der Waals surface area contributed by atoms with Gasteiger partial charge in [-0.25, -0.2) is 4.98 Å². The molecule has 1 aromatic heterocycles. The van der Waals surface area contributed by atoms with Crippen LogP contribution in [0.15, 0.2) is 59.7 Å². The molecule has 0 atom stereocenters.